The van der Waals surface area contributed by atoms with Crippen molar-refractivity contribution in [2.45, 2.75) is 46.3 Å². The van der Waals surface area contributed by atoms with Crippen molar-refractivity contribution in [1.82, 2.24) is 4.57 Å². The van der Waals surface area contributed by atoms with Crippen LogP contribution in [0.25, 0.3) is 10.9 Å². The Hall–Kier alpha value is -1.28. The van der Waals surface area contributed by atoms with Crippen LogP contribution in [0.1, 0.15) is 31.9 Å². The number of hydrogen-bond donors (Lipinski definition) is 1. The molecule has 1 N–H and O–H groups in total. The first-order valence-corrected chi connectivity index (χ1v) is 6.21. The molecule has 0 unspecified atom stereocenters. The average molecular weight is 231 g/mol. The SMILES string of the molecule is CCn1cc(CC(C)(C)O)c2ccc(C)cc21. The Bertz CT molecular complexity index is 532. The molecular formula is C15H21NO. The molecule has 0 aliphatic heterocycles. The van der Waals surface area contributed by atoms with Crippen LogP contribution in [-0.4, -0.2) is 15.3 Å². The van der Waals surface area contributed by atoms with E-state index >= 15 is 0 Å². The lowest BCUT2D eigenvalue weighted by Gasteiger charge is -2.16. The third kappa shape index (κ3) is 2.52. The molecule has 0 atom stereocenters. The van der Waals surface area contributed by atoms with Gasteiger partial charge in [0.1, 0.15) is 0 Å². The normalized spacial score (nSPS) is 12.3. The summed E-state index contributed by atoms with van der Waals surface area (Å²) in [5, 5.41) is 11.2. The van der Waals surface area contributed by atoms with Crippen molar-refractivity contribution >= 4 is 10.9 Å². The van der Waals surface area contributed by atoms with Gasteiger partial charge in [-0.1, -0.05) is 12.1 Å². The van der Waals surface area contributed by atoms with Gasteiger partial charge in [0.15, 0.2) is 0 Å². The van der Waals surface area contributed by atoms with E-state index in [2.05, 4.69) is 42.8 Å². The van der Waals surface area contributed by atoms with E-state index in [1.165, 1.54) is 22.0 Å². The first kappa shape index (κ1) is 12.2. The molecule has 2 aromatic rings. The molecule has 0 spiro atoms. The summed E-state index contributed by atoms with van der Waals surface area (Å²) in [6.45, 7) is 8.94. The molecule has 2 rings (SSSR count). The van der Waals surface area contributed by atoms with Crippen LogP contribution in [0.2, 0.25) is 0 Å². The lowest BCUT2D eigenvalue weighted by Crippen LogP contribution is -2.21. The van der Waals surface area contributed by atoms with E-state index in [9.17, 15) is 5.11 Å². The van der Waals surface area contributed by atoms with Gasteiger partial charge >= 0.3 is 0 Å². The highest BCUT2D eigenvalue weighted by molar-refractivity contribution is 5.84. The van der Waals surface area contributed by atoms with Gasteiger partial charge in [-0.2, -0.15) is 0 Å². The Morgan fingerprint density at radius 2 is 2.00 bits per heavy atom. The Balaban J connectivity index is 2.57. The number of aromatic nitrogens is 1. The summed E-state index contributed by atoms with van der Waals surface area (Å²) in [5.74, 6) is 0. The Morgan fingerprint density at radius 3 is 2.59 bits per heavy atom. The van der Waals surface area contributed by atoms with Crippen molar-refractivity contribution in [2.24, 2.45) is 0 Å². The first-order chi connectivity index (χ1) is 7.90. The third-order valence-electron chi connectivity index (χ3n) is 3.08. The molecule has 0 fully saturated rings. The number of rotatable bonds is 3. The minimum absolute atomic E-state index is 0.655. The van der Waals surface area contributed by atoms with Gasteiger partial charge in [0.25, 0.3) is 0 Å². The maximum absolute atomic E-state index is 9.96. The van der Waals surface area contributed by atoms with Crippen molar-refractivity contribution in [2.75, 3.05) is 0 Å². The Morgan fingerprint density at radius 1 is 1.29 bits per heavy atom. The molecule has 1 heterocycles. The van der Waals surface area contributed by atoms with Gasteiger partial charge in [-0.05, 0) is 44.9 Å². The zero-order chi connectivity index (χ0) is 12.6. The highest BCUT2D eigenvalue weighted by atomic mass is 16.3. The molecule has 2 nitrogen and oxygen atoms in total. The van der Waals surface area contributed by atoms with Crippen molar-refractivity contribution in [3.63, 3.8) is 0 Å². The van der Waals surface area contributed by atoms with E-state index in [0.29, 0.717) is 6.42 Å². The molecule has 0 aliphatic carbocycles. The second-order valence-electron chi connectivity index (χ2n) is 5.45. The zero-order valence-corrected chi connectivity index (χ0v) is 11.1. The topological polar surface area (TPSA) is 25.2 Å². The summed E-state index contributed by atoms with van der Waals surface area (Å²) in [7, 11) is 0. The van der Waals surface area contributed by atoms with Gasteiger partial charge < -0.3 is 9.67 Å². The Kier molecular flexibility index (Phi) is 3.00. The van der Waals surface area contributed by atoms with Crippen LogP contribution >= 0.6 is 0 Å². The fraction of sp³-hybridized carbons (Fsp3) is 0.467. The van der Waals surface area contributed by atoms with E-state index in [0.717, 1.165) is 6.54 Å². The number of aliphatic hydroxyl groups is 1. The van der Waals surface area contributed by atoms with Gasteiger partial charge in [-0.3, -0.25) is 0 Å². The minimum atomic E-state index is -0.655. The maximum Gasteiger partial charge on any atom is 0.0632 e. The molecule has 0 saturated carbocycles. The van der Waals surface area contributed by atoms with Crippen LogP contribution in [0.15, 0.2) is 24.4 Å². The molecule has 0 saturated heterocycles. The van der Waals surface area contributed by atoms with Gasteiger partial charge in [0, 0.05) is 30.1 Å². The smallest absolute Gasteiger partial charge is 0.0632 e. The number of aryl methyl sites for hydroxylation is 2. The molecule has 92 valence electrons. The summed E-state index contributed by atoms with van der Waals surface area (Å²) in [6.07, 6.45) is 2.86. The fourth-order valence-corrected chi connectivity index (χ4v) is 2.35. The summed E-state index contributed by atoms with van der Waals surface area (Å²) in [4.78, 5) is 0. The van der Waals surface area contributed by atoms with Crippen LogP contribution in [-0.2, 0) is 13.0 Å². The van der Waals surface area contributed by atoms with Crippen LogP contribution < -0.4 is 0 Å². The monoisotopic (exact) mass is 231 g/mol. The van der Waals surface area contributed by atoms with Crippen LogP contribution in [0.5, 0.6) is 0 Å². The molecule has 0 amide bonds. The predicted octanol–water partition coefficient (Wildman–Crippen LogP) is 3.28. The average Bonchev–Trinajstić information content (AvgIpc) is 2.53. The van der Waals surface area contributed by atoms with E-state index in [1.807, 2.05) is 13.8 Å². The molecule has 0 radical (unpaired) electrons. The number of fused-ring (bicyclic) bond motifs is 1. The van der Waals surface area contributed by atoms with Crippen LogP contribution in [0.3, 0.4) is 0 Å². The second kappa shape index (κ2) is 4.19. The van der Waals surface area contributed by atoms with E-state index in [-0.39, 0.29) is 0 Å². The highest BCUT2D eigenvalue weighted by Crippen LogP contribution is 2.25. The molecule has 1 aromatic heterocycles. The van der Waals surface area contributed by atoms with Gasteiger partial charge in [0.2, 0.25) is 0 Å². The van der Waals surface area contributed by atoms with Crippen molar-refractivity contribution in [3.05, 3.63) is 35.5 Å². The van der Waals surface area contributed by atoms with Gasteiger partial charge in [-0.25, -0.2) is 0 Å². The second-order valence-corrected chi connectivity index (χ2v) is 5.45. The standard InChI is InChI=1S/C15H21NO/c1-5-16-10-12(9-15(3,4)17)13-7-6-11(2)8-14(13)16/h6-8,10,17H,5,9H2,1-4H3. The third-order valence-corrected chi connectivity index (χ3v) is 3.08. The van der Waals surface area contributed by atoms with Gasteiger partial charge in [-0.15, -0.1) is 0 Å². The number of hydrogen-bond acceptors (Lipinski definition) is 1. The number of benzene rings is 1. The fourth-order valence-electron chi connectivity index (χ4n) is 2.35. The van der Waals surface area contributed by atoms with E-state index < -0.39 is 5.60 Å². The quantitative estimate of drug-likeness (QED) is 0.861. The zero-order valence-electron chi connectivity index (χ0n) is 11.1. The number of nitrogens with zero attached hydrogens (tertiary/aromatic N) is 1. The summed E-state index contributed by atoms with van der Waals surface area (Å²) >= 11 is 0. The van der Waals surface area contributed by atoms with E-state index in [4.69, 9.17) is 0 Å². The minimum Gasteiger partial charge on any atom is -0.390 e. The summed E-state index contributed by atoms with van der Waals surface area (Å²) in [6, 6.07) is 6.51. The molecular weight excluding hydrogens is 210 g/mol. The van der Waals surface area contributed by atoms with Gasteiger partial charge in [0.05, 0.1) is 5.60 Å². The molecule has 17 heavy (non-hydrogen) atoms. The molecule has 0 bridgehead atoms. The largest absolute Gasteiger partial charge is 0.390 e. The lowest BCUT2D eigenvalue weighted by molar-refractivity contribution is 0.0813. The maximum atomic E-state index is 9.96. The van der Waals surface area contributed by atoms with E-state index in [1.54, 1.807) is 0 Å². The van der Waals surface area contributed by atoms with Crippen molar-refractivity contribution in [1.29, 1.82) is 0 Å². The summed E-state index contributed by atoms with van der Waals surface area (Å²) in [5.41, 5.74) is 3.12. The Labute approximate surface area is 103 Å². The lowest BCUT2D eigenvalue weighted by atomic mass is 9.98. The molecule has 2 heteroatoms. The predicted molar refractivity (Wildman–Crippen MR) is 72.4 cm³/mol. The summed E-state index contributed by atoms with van der Waals surface area (Å²) < 4.78 is 2.25. The van der Waals surface area contributed by atoms with Crippen LogP contribution in [0, 0.1) is 6.92 Å². The van der Waals surface area contributed by atoms with Crippen molar-refractivity contribution < 1.29 is 5.11 Å². The molecule has 1 aromatic carbocycles. The van der Waals surface area contributed by atoms with Crippen LogP contribution in [0.4, 0.5) is 0 Å². The highest BCUT2D eigenvalue weighted by Gasteiger charge is 2.17. The first-order valence-electron chi connectivity index (χ1n) is 6.21. The van der Waals surface area contributed by atoms with Crippen molar-refractivity contribution in [3.8, 4) is 0 Å². The molecule has 0 aliphatic rings.